The Morgan fingerprint density at radius 2 is 1.84 bits per heavy atom. The molecule has 7 rings (SSSR count). The maximum absolute atomic E-state index is 14.0. The molecule has 0 saturated carbocycles. The van der Waals surface area contributed by atoms with E-state index in [4.69, 9.17) is 21.3 Å². The molecular formula is C42H50ClFN8O5. The standard InChI is InChI=1S/C42H50ClFN8O5/c1-49(2)18-6-22-57-30-11-13-33-35(24-30)46-27-51(41(33)55)26-42(56)15-20-50(21-16-42)40(54)29(25-52-19-14-37(44)48-52)7-5-17-45-39(53)28-10-12-32-36(23-28)47-34-9-4-3-8-31(34)38(32)43/h10-14,19,23-24,27,29,56H,3-9,15-18,20-22,25-26H2,1-2H3,(H,45,53)/t29-/m0/s1. The number of carbonyl (C=O) groups excluding carboxylic acids is 2. The van der Waals surface area contributed by atoms with Crippen molar-refractivity contribution in [2.75, 3.05) is 46.9 Å². The fraction of sp³-hybridized carbons (Fsp3) is 0.476. The van der Waals surface area contributed by atoms with Crippen molar-refractivity contribution >= 4 is 45.2 Å². The van der Waals surface area contributed by atoms with Crippen molar-refractivity contribution < 1.29 is 23.8 Å². The van der Waals surface area contributed by atoms with Crippen molar-refractivity contribution in [1.82, 2.24) is 39.4 Å². The molecule has 0 radical (unpaired) electrons. The lowest BCUT2D eigenvalue weighted by molar-refractivity contribution is -0.141. The number of rotatable bonds is 15. The maximum Gasteiger partial charge on any atom is 0.261 e. The Hall–Kier alpha value is -4.92. The first-order valence-electron chi connectivity index (χ1n) is 19.8. The van der Waals surface area contributed by atoms with Gasteiger partial charge in [0.05, 0.1) is 59.0 Å². The number of pyridine rings is 1. The van der Waals surface area contributed by atoms with Crippen molar-refractivity contribution in [2.24, 2.45) is 5.92 Å². The molecule has 3 aromatic heterocycles. The van der Waals surface area contributed by atoms with Gasteiger partial charge in [-0.2, -0.15) is 4.39 Å². The third kappa shape index (κ3) is 9.62. The van der Waals surface area contributed by atoms with Crippen molar-refractivity contribution in [3.05, 3.63) is 93.1 Å². The molecule has 1 saturated heterocycles. The highest BCUT2D eigenvalue weighted by molar-refractivity contribution is 6.36. The van der Waals surface area contributed by atoms with Gasteiger partial charge in [-0.1, -0.05) is 17.7 Å². The quantitative estimate of drug-likeness (QED) is 0.139. The average molecular weight is 801 g/mol. The zero-order chi connectivity index (χ0) is 40.1. The number of piperidine rings is 1. The number of amides is 2. The summed E-state index contributed by atoms with van der Waals surface area (Å²) in [5.74, 6) is -0.912. The average Bonchev–Trinajstić information content (AvgIpc) is 3.62. The number of hydrogen-bond acceptors (Lipinski definition) is 9. The van der Waals surface area contributed by atoms with Gasteiger partial charge in [0.15, 0.2) is 0 Å². The normalized spacial score (nSPS) is 15.9. The van der Waals surface area contributed by atoms with E-state index >= 15 is 0 Å². The SMILES string of the molecule is CN(C)CCCOc1ccc2c(=O)n(CC3(O)CCN(C(=O)[C@@H](CCCNC(=O)c4ccc5c(Cl)c6c(nc5c4)CCCC6)Cn4ccc(F)n4)CC3)cnc2c1. The smallest absolute Gasteiger partial charge is 0.261 e. The summed E-state index contributed by atoms with van der Waals surface area (Å²) in [5.41, 5.74) is 2.33. The number of halogens is 2. The van der Waals surface area contributed by atoms with Crippen LogP contribution in [-0.2, 0) is 30.7 Å². The first-order chi connectivity index (χ1) is 27.5. The van der Waals surface area contributed by atoms with Crippen LogP contribution in [0.2, 0.25) is 5.02 Å². The Morgan fingerprint density at radius 1 is 1.05 bits per heavy atom. The summed E-state index contributed by atoms with van der Waals surface area (Å²) in [6.07, 6.45) is 9.22. The number of nitrogens with one attached hydrogen (secondary N) is 1. The van der Waals surface area contributed by atoms with Crippen molar-refractivity contribution in [3.8, 4) is 5.75 Å². The van der Waals surface area contributed by atoms with Crippen LogP contribution in [0.15, 0.2) is 59.8 Å². The lowest BCUT2D eigenvalue weighted by Crippen LogP contribution is -2.51. The molecule has 4 heterocycles. The van der Waals surface area contributed by atoms with E-state index in [0.29, 0.717) is 53.7 Å². The Balaban J connectivity index is 0.942. The summed E-state index contributed by atoms with van der Waals surface area (Å²) in [7, 11) is 4.02. The number of hydrogen-bond donors (Lipinski definition) is 2. The fourth-order valence-electron chi connectivity index (χ4n) is 7.91. The maximum atomic E-state index is 14.0. The number of nitrogens with zero attached hydrogens (tertiary/aromatic N) is 7. The van der Waals surface area contributed by atoms with Gasteiger partial charge >= 0.3 is 0 Å². The molecule has 0 spiro atoms. The van der Waals surface area contributed by atoms with Gasteiger partial charge in [0.2, 0.25) is 11.9 Å². The van der Waals surface area contributed by atoms with Crippen LogP contribution < -0.4 is 15.6 Å². The molecule has 0 bridgehead atoms. The van der Waals surface area contributed by atoms with Gasteiger partial charge in [-0.15, -0.1) is 5.10 Å². The molecular weight excluding hydrogens is 751 g/mol. The van der Waals surface area contributed by atoms with Crippen LogP contribution >= 0.6 is 11.6 Å². The number of aliphatic hydroxyl groups is 1. The zero-order valence-corrected chi connectivity index (χ0v) is 33.3. The third-order valence-corrected chi connectivity index (χ3v) is 11.6. The minimum absolute atomic E-state index is 0.0395. The first-order valence-corrected chi connectivity index (χ1v) is 20.2. The summed E-state index contributed by atoms with van der Waals surface area (Å²) in [4.78, 5) is 53.7. The van der Waals surface area contributed by atoms with E-state index in [1.807, 2.05) is 20.2 Å². The van der Waals surface area contributed by atoms with Gasteiger partial charge < -0.3 is 25.0 Å². The second kappa shape index (κ2) is 17.7. The highest BCUT2D eigenvalue weighted by Gasteiger charge is 2.36. The molecule has 15 heteroatoms. The molecule has 1 fully saturated rings. The number of aryl methyl sites for hydroxylation is 1. The minimum Gasteiger partial charge on any atom is -0.493 e. The molecule has 1 atom stereocenters. The van der Waals surface area contributed by atoms with E-state index in [1.54, 1.807) is 35.2 Å². The second-order valence-electron chi connectivity index (χ2n) is 15.7. The van der Waals surface area contributed by atoms with Crippen LogP contribution in [0.3, 0.4) is 0 Å². The number of aromatic nitrogens is 5. The van der Waals surface area contributed by atoms with E-state index in [2.05, 4.69) is 20.3 Å². The molecule has 2 aliphatic rings. The van der Waals surface area contributed by atoms with Gasteiger partial charge in [0, 0.05) is 61.2 Å². The van der Waals surface area contributed by atoms with E-state index in [-0.39, 0.29) is 56.4 Å². The molecule has 5 aromatic rings. The predicted octanol–water partition coefficient (Wildman–Crippen LogP) is 5.02. The van der Waals surface area contributed by atoms with Gasteiger partial charge in [-0.05, 0) is 102 Å². The predicted molar refractivity (Wildman–Crippen MR) is 216 cm³/mol. The number of benzene rings is 2. The summed E-state index contributed by atoms with van der Waals surface area (Å²) in [5, 5.41) is 20.4. The summed E-state index contributed by atoms with van der Waals surface area (Å²) in [6.45, 7) is 2.55. The van der Waals surface area contributed by atoms with E-state index in [1.165, 1.54) is 27.8 Å². The Labute approximate surface area is 335 Å². The van der Waals surface area contributed by atoms with Gasteiger partial charge in [-0.25, -0.2) is 4.98 Å². The van der Waals surface area contributed by atoms with Gasteiger partial charge in [0.1, 0.15) is 5.75 Å². The molecule has 2 N–H and O–H groups in total. The number of fused-ring (bicyclic) bond motifs is 3. The van der Waals surface area contributed by atoms with Crippen molar-refractivity contribution in [3.63, 3.8) is 0 Å². The zero-order valence-electron chi connectivity index (χ0n) is 32.6. The fourth-order valence-corrected chi connectivity index (χ4v) is 8.27. The van der Waals surface area contributed by atoms with Crippen molar-refractivity contribution in [1.29, 1.82) is 0 Å². The van der Waals surface area contributed by atoms with Crippen molar-refractivity contribution in [2.45, 2.75) is 76.5 Å². The van der Waals surface area contributed by atoms with Crippen LogP contribution in [-0.4, -0.2) is 104 Å². The monoisotopic (exact) mass is 800 g/mol. The molecule has 1 aliphatic carbocycles. The Kier molecular flexibility index (Phi) is 12.5. The second-order valence-corrected chi connectivity index (χ2v) is 16.0. The third-order valence-electron chi connectivity index (χ3n) is 11.1. The minimum atomic E-state index is -1.22. The molecule has 1 aliphatic heterocycles. The molecule has 302 valence electrons. The highest BCUT2D eigenvalue weighted by Crippen LogP contribution is 2.33. The molecule has 2 amide bonds. The van der Waals surface area contributed by atoms with Gasteiger partial charge in [-0.3, -0.25) is 28.6 Å². The number of carbonyl (C=O) groups is 2. The van der Waals surface area contributed by atoms with E-state index in [9.17, 15) is 23.9 Å². The number of likely N-dealkylation sites (tertiary alicyclic amines) is 1. The van der Waals surface area contributed by atoms with Crippen LogP contribution in [0.5, 0.6) is 5.75 Å². The van der Waals surface area contributed by atoms with Crippen LogP contribution in [0.1, 0.15) is 66.6 Å². The summed E-state index contributed by atoms with van der Waals surface area (Å²) >= 11 is 6.73. The van der Waals surface area contributed by atoms with Crippen LogP contribution in [0.25, 0.3) is 21.8 Å². The van der Waals surface area contributed by atoms with E-state index in [0.717, 1.165) is 60.3 Å². The highest BCUT2D eigenvalue weighted by atomic mass is 35.5. The molecule has 57 heavy (non-hydrogen) atoms. The van der Waals surface area contributed by atoms with E-state index < -0.39 is 17.5 Å². The summed E-state index contributed by atoms with van der Waals surface area (Å²) < 4.78 is 22.5. The van der Waals surface area contributed by atoms with Crippen LogP contribution in [0, 0.1) is 11.9 Å². The van der Waals surface area contributed by atoms with Gasteiger partial charge in [0.25, 0.3) is 11.5 Å². The molecule has 0 unspecified atom stereocenters. The molecule has 13 nitrogen and oxygen atoms in total. The largest absolute Gasteiger partial charge is 0.493 e. The lowest BCUT2D eigenvalue weighted by atomic mass is 9.90. The Bertz CT molecular complexity index is 2300. The summed E-state index contributed by atoms with van der Waals surface area (Å²) in [6, 6.07) is 11.8. The van der Waals surface area contributed by atoms with Crippen LogP contribution in [0.4, 0.5) is 4.39 Å². The topological polar surface area (TPSA) is 148 Å². The number of ether oxygens (including phenoxy) is 1. The first kappa shape index (κ1) is 40.3. The molecule has 2 aromatic carbocycles. The Morgan fingerprint density at radius 3 is 2.61 bits per heavy atom. The lowest BCUT2D eigenvalue weighted by Gasteiger charge is -2.39.